The third-order valence-corrected chi connectivity index (χ3v) is 5.85. The SMILES string of the molecule is CC1CCC(C(C)(C)C2CCC(C)CC2=O)CC1. The van der Waals surface area contributed by atoms with Gasteiger partial charge < -0.3 is 0 Å². The molecule has 2 saturated carbocycles. The van der Waals surface area contributed by atoms with Crippen LogP contribution in [0.25, 0.3) is 0 Å². The van der Waals surface area contributed by atoms with Gasteiger partial charge in [-0.05, 0) is 48.9 Å². The Hall–Kier alpha value is -0.330. The Morgan fingerprint density at radius 1 is 0.889 bits per heavy atom. The van der Waals surface area contributed by atoms with Gasteiger partial charge in [0.15, 0.2) is 0 Å². The van der Waals surface area contributed by atoms with Gasteiger partial charge in [0.05, 0.1) is 0 Å². The van der Waals surface area contributed by atoms with Gasteiger partial charge in [-0.25, -0.2) is 0 Å². The molecule has 2 fully saturated rings. The van der Waals surface area contributed by atoms with Gasteiger partial charge in [0, 0.05) is 12.3 Å². The van der Waals surface area contributed by atoms with Gasteiger partial charge in [-0.3, -0.25) is 4.79 Å². The number of Topliss-reactive ketones (excluding diaryl/α,β-unsaturated/α-hetero) is 1. The van der Waals surface area contributed by atoms with Gasteiger partial charge >= 0.3 is 0 Å². The highest BCUT2D eigenvalue weighted by atomic mass is 16.1. The zero-order valence-corrected chi connectivity index (χ0v) is 12.7. The molecule has 0 spiro atoms. The fourth-order valence-electron chi connectivity index (χ4n) is 4.28. The molecule has 1 heteroatoms. The van der Waals surface area contributed by atoms with Crippen molar-refractivity contribution in [2.24, 2.45) is 29.1 Å². The average molecular weight is 250 g/mol. The van der Waals surface area contributed by atoms with Crippen molar-refractivity contribution in [1.29, 1.82) is 0 Å². The molecule has 0 N–H and O–H groups in total. The lowest BCUT2D eigenvalue weighted by Gasteiger charge is -2.45. The summed E-state index contributed by atoms with van der Waals surface area (Å²) in [6.07, 6.45) is 8.64. The lowest BCUT2D eigenvalue weighted by atomic mass is 9.59. The van der Waals surface area contributed by atoms with E-state index in [9.17, 15) is 4.79 Å². The first-order valence-corrected chi connectivity index (χ1v) is 7.94. The molecule has 2 rings (SSSR count). The maximum Gasteiger partial charge on any atom is 0.136 e. The largest absolute Gasteiger partial charge is 0.299 e. The van der Waals surface area contributed by atoms with Crippen molar-refractivity contribution in [3.05, 3.63) is 0 Å². The van der Waals surface area contributed by atoms with E-state index < -0.39 is 0 Å². The Kier molecular flexibility index (Phi) is 4.18. The summed E-state index contributed by atoms with van der Waals surface area (Å²) in [5.41, 5.74) is 0.233. The number of carbonyl (C=O) groups excluding carboxylic acids is 1. The molecule has 2 atom stereocenters. The van der Waals surface area contributed by atoms with Crippen LogP contribution in [-0.4, -0.2) is 5.78 Å². The quantitative estimate of drug-likeness (QED) is 0.685. The maximum atomic E-state index is 12.4. The topological polar surface area (TPSA) is 17.1 Å². The third kappa shape index (κ3) is 2.81. The monoisotopic (exact) mass is 250 g/mol. The van der Waals surface area contributed by atoms with Gasteiger partial charge in [0.1, 0.15) is 5.78 Å². The molecule has 0 bridgehead atoms. The van der Waals surface area contributed by atoms with Crippen LogP contribution < -0.4 is 0 Å². The van der Waals surface area contributed by atoms with Crippen LogP contribution in [0.3, 0.4) is 0 Å². The van der Waals surface area contributed by atoms with Crippen molar-refractivity contribution in [2.45, 2.75) is 72.6 Å². The predicted molar refractivity (Wildman–Crippen MR) is 76.4 cm³/mol. The minimum Gasteiger partial charge on any atom is -0.299 e. The highest BCUT2D eigenvalue weighted by Crippen LogP contribution is 2.48. The second kappa shape index (κ2) is 5.35. The van der Waals surface area contributed by atoms with Crippen molar-refractivity contribution in [1.82, 2.24) is 0 Å². The van der Waals surface area contributed by atoms with E-state index in [1.54, 1.807) is 0 Å². The van der Waals surface area contributed by atoms with Crippen LogP contribution in [-0.2, 0) is 4.79 Å². The molecule has 104 valence electrons. The van der Waals surface area contributed by atoms with Crippen LogP contribution in [0.2, 0.25) is 0 Å². The fraction of sp³-hybridized carbons (Fsp3) is 0.941. The molecule has 2 aliphatic rings. The molecular weight excluding hydrogens is 220 g/mol. The number of carbonyl (C=O) groups is 1. The van der Waals surface area contributed by atoms with Gasteiger partial charge in [0.25, 0.3) is 0 Å². The smallest absolute Gasteiger partial charge is 0.136 e. The summed E-state index contributed by atoms with van der Waals surface area (Å²) in [6.45, 7) is 9.33. The van der Waals surface area contributed by atoms with Crippen LogP contribution in [0, 0.1) is 29.1 Å². The molecule has 18 heavy (non-hydrogen) atoms. The Morgan fingerprint density at radius 2 is 1.44 bits per heavy atom. The van der Waals surface area contributed by atoms with E-state index >= 15 is 0 Å². The predicted octanol–water partition coefficient (Wildman–Crippen LogP) is 4.84. The van der Waals surface area contributed by atoms with Gasteiger partial charge in [-0.1, -0.05) is 40.5 Å². The number of ketones is 1. The normalized spacial score (nSPS) is 38.8. The highest BCUT2D eigenvalue weighted by Gasteiger charge is 2.43. The molecule has 0 heterocycles. The van der Waals surface area contributed by atoms with Crippen molar-refractivity contribution in [3.8, 4) is 0 Å². The summed E-state index contributed by atoms with van der Waals surface area (Å²) >= 11 is 0. The van der Waals surface area contributed by atoms with Crippen molar-refractivity contribution in [3.63, 3.8) is 0 Å². The number of hydrogen-bond donors (Lipinski definition) is 0. The van der Waals surface area contributed by atoms with E-state index in [1.807, 2.05) is 0 Å². The minimum absolute atomic E-state index is 0.233. The summed E-state index contributed by atoms with van der Waals surface area (Å²) in [7, 11) is 0. The molecule has 0 aliphatic heterocycles. The maximum absolute atomic E-state index is 12.4. The zero-order chi connectivity index (χ0) is 13.3. The lowest BCUT2D eigenvalue weighted by molar-refractivity contribution is -0.132. The molecule has 2 aliphatic carbocycles. The van der Waals surface area contributed by atoms with Crippen molar-refractivity contribution < 1.29 is 4.79 Å². The summed E-state index contributed by atoms with van der Waals surface area (Å²) < 4.78 is 0. The van der Waals surface area contributed by atoms with Gasteiger partial charge in [-0.2, -0.15) is 0 Å². The van der Waals surface area contributed by atoms with Crippen LogP contribution in [0.5, 0.6) is 0 Å². The van der Waals surface area contributed by atoms with E-state index in [0.717, 1.165) is 24.7 Å². The van der Waals surface area contributed by atoms with Gasteiger partial charge in [0.2, 0.25) is 0 Å². The molecule has 0 aromatic rings. The Bertz CT molecular complexity index is 297. The van der Waals surface area contributed by atoms with E-state index in [0.29, 0.717) is 17.6 Å². The van der Waals surface area contributed by atoms with Crippen LogP contribution in [0.15, 0.2) is 0 Å². The Labute approximate surface area is 113 Å². The molecule has 0 amide bonds. The highest BCUT2D eigenvalue weighted by molar-refractivity contribution is 5.82. The molecule has 0 aromatic carbocycles. The lowest BCUT2D eigenvalue weighted by Crippen LogP contribution is -2.41. The summed E-state index contributed by atoms with van der Waals surface area (Å²) in [5, 5.41) is 0. The second-order valence-electron chi connectivity index (χ2n) is 7.68. The van der Waals surface area contributed by atoms with Crippen LogP contribution >= 0.6 is 0 Å². The van der Waals surface area contributed by atoms with Gasteiger partial charge in [-0.15, -0.1) is 0 Å². The van der Waals surface area contributed by atoms with E-state index in [-0.39, 0.29) is 5.41 Å². The molecule has 0 aromatic heterocycles. The van der Waals surface area contributed by atoms with Crippen molar-refractivity contribution in [2.75, 3.05) is 0 Å². The third-order valence-electron chi connectivity index (χ3n) is 5.85. The molecule has 0 radical (unpaired) electrons. The second-order valence-corrected chi connectivity index (χ2v) is 7.68. The first-order chi connectivity index (χ1) is 8.41. The van der Waals surface area contributed by atoms with Crippen LogP contribution in [0.4, 0.5) is 0 Å². The molecule has 2 unspecified atom stereocenters. The van der Waals surface area contributed by atoms with E-state index in [2.05, 4.69) is 27.7 Å². The molecular formula is C17H30O. The summed E-state index contributed by atoms with van der Waals surface area (Å²) in [6, 6.07) is 0. The molecule has 0 saturated heterocycles. The Morgan fingerprint density at radius 3 is 2.00 bits per heavy atom. The zero-order valence-electron chi connectivity index (χ0n) is 12.7. The molecule has 1 nitrogen and oxygen atoms in total. The summed E-state index contributed by atoms with van der Waals surface area (Å²) in [4.78, 5) is 12.4. The minimum atomic E-state index is 0.233. The average Bonchev–Trinajstić information content (AvgIpc) is 2.29. The van der Waals surface area contributed by atoms with E-state index in [1.165, 1.54) is 32.1 Å². The fourth-order valence-corrected chi connectivity index (χ4v) is 4.28. The number of hydrogen-bond acceptors (Lipinski definition) is 1. The standard InChI is InChI=1S/C17H30O/c1-12-5-8-14(9-6-12)17(3,4)15-10-7-13(2)11-16(15)18/h12-15H,5-11H2,1-4H3. The summed E-state index contributed by atoms with van der Waals surface area (Å²) in [5.74, 6) is 3.19. The van der Waals surface area contributed by atoms with E-state index in [4.69, 9.17) is 0 Å². The Balaban J connectivity index is 2.03. The first kappa shape index (κ1) is 14.1. The van der Waals surface area contributed by atoms with Crippen molar-refractivity contribution >= 4 is 5.78 Å². The first-order valence-electron chi connectivity index (χ1n) is 7.94. The van der Waals surface area contributed by atoms with Crippen LogP contribution in [0.1, 0.15) is 72.6 Å². The number of rotatable bonds is 2.